The van der Waals surface area contributed by atoms with Crippen LogP contribution in [0.25, 0.3) is 0 Å². The van der Waals surface area contributed by atoms with E-state index in [2.05, 4.69) is 5.32 Å². The van der Waals surface area contributed by atoms with Gasteiger partial charge in [0, 0.05) is 13.2 Å². The fraction of sp³-hybridized carbons (Fsp3) is 0.350. The van der Waals surface area contributed by atoms with Crippen molar-refractivity contribution in [3.8, 4) is 0 Å². The van der Waals surface area contributed by atoms with Crippen LogP contribution in [-0.4, -0.2) is 40.7 Å². The molecule has 6 nitrogen and oxygen atoms in total. The van der Waals surface area contributed by atoms with Crippen LogP contribution in [0.15, 0.2) is 54.6 Å². The number of hydrogen-bond acceptors (Lipinski definition) is 5. The molecule has 0 bridgehead atoms. The molecule has 0 heterocycles. The Labute approximate surface area is 153 Å². The van der Waals surface area contributed by atoms with E-state index in [-0.39, 0.29) is 26.2 Å². The van der Waals surface area contributed by atoms with Crippen molar-refractivity contribution in [2.45, 2.75) is 31.7 Å². The summed E-state index contributed by atoms with van der Waals surface area (Å²) in [5.41, 5.74) is 2.36. The molecule has 2 aromatic carbocycles. The van der Waals surface area contributed by atoms with Crippen LogP contribution < -0.4 is 5.32 Å². The highest BCUT2D eigenvalue weighted by atomic mass is 16.5. The predicted octanol–water partition coefficient (Wildman–Crippen LogP) is 1.93. The third kappa shape index (κ3) is 6.48. The number of hydrogen-bond donors (Lipinski definition) is 4. The molecule has 26 heavy (non-hydrogen) atoms. The Morgan fingerprint density at radius 1 is 1.04 bits per heavy atom. The lowest BCUT2D eigenvalue weighted by Gasteiger charge is -2.19. The van der Waals surface area contributed by atoms with Gasteiger partial charge in [-0.25, -0.2) is 4.79 Å². The van der Waals surface area contributed by atoms with Crippen molar-refractivity contribution in [1.82, 2.24) is 5.32 Å². The van der Waals surface area contributed by atoms with Crippen LogP contribution in [0.3, 0.4) is 0 Å². The maximum absolute atomic E-state index is 11.7. The summed E-state index contributed by atoms with van der Waals surface area (Å²) < 4.78 is 5.08. The zero-order valence-electron chi connectivity index (χ0n) is 14.5. The van der Waals surface area contributed by atoms with Crippen LogP contribution >= 0.6 is 0 Å². The van der Waals surface area contributed by atoms with Crippen molar-refractivity contribution in [1.29, 1.82) is 0 Å². The van der Waals surface area contributed by atoms with Gasteiger partial charge in [-0.1, -0.05) is 54.6 Å². The summed E-state index contributed by atoms with van der Waals surface area (Å²) >= 11 is 0. The fourth-order valence-corrected chi connectivity index (χ4v) is 2.54. The van der Waals surface area contributed by atoms with Gasteiger partial charge in [0.2, 0.25) is 0 Å². The van der Waals surface area contributed by atoms with Crippen LogP contribution in [0.1, 0.15) is 29.2 Å². The Morgan fingerprint density at radius 3 is 2.50 bits per heavy atom. The predicted molar refractivity (Wildman–Crippen MR) is 97.4 cm³/mol. The van der Waals surface area contributed by atoms with Crippen LogP contribution in [0.2, 0.25) is 0 Å². The summed E-state index contributed by atoms with van der Waals surface area (Å²) in [6.07, 6.45) is -1.97. The van der Waals surface area contributed by atoms with Crippen LogP contribution in [0.5, 0.6) is 0 Å². The quantitative estimate of drug-likeness (QED) is 0.548. The molecule has 0 aliphatic rings. The van der Waals surface area contributed by atoms with Gasteiger partial charge in [0.15, 0.2) is 0 Å². The van der Waals surface area contributed by atoms with E-state index >= 15 is 0 Å². The number of carbonyl (C=O) groups is 1. The van der Waals surface area contributed by atoms with Gasteiger partial charge < -0.3 is 25.4 Å². The first-order valence-electron chi connectivity index (χ1n) is 8.60. The van der Waals surface area contributed by atoms with E-state index < -0.39 is 18.3 Å². The first-order valence-corrected chi connectivity index (χ1v) is 8.60. The molecule has 0 fully saturated rings. The SMILES string of the molecule is O=C(NCCC(O)C(O)c1cccc(CCO)c1)OCc1ccccc1. The summed E-state index contributed by atoms with van der Waals surface area (Å²) in [6.45, 7) is 0.384. The van der Waals surface area contributed by atoms with Crippen LogP contribution in [-0.2, 0) is 17.8 Å². The molecule has 6 heteroatoms. The Hall–Kier alpha value is -2.41. The molecule has 0 aromatic heterocycles. The molecular weight excluding hydrogens is 334 g/mol. The molecule has 140 valence electrons. The van der Waals surface area contributed by atoms with E-state index in [1.807, 2.05) is 36.4 Å². The molecule has 0 spiro atoms. The van der Waals surface area contributed by atoms with Crippen LogP contribution in [0.4, 0.5) is 4.79 Å². The summed E-state index contributed by atoms with van der Waals surface area (Å²) in [5, 5.41) is 31.9. The fourth-order valence-electron chi connectivity index (χ4n) is 2.54. The number of benzene rings is 2. The summed E-state index contributed by atoms with van der Waals surface area (Å²) in [7, 11) is 0. The van der Waals surface area contributed by atoms with Crippen molar-refractivity contribution in [2.75, 3.05) is 13.2 Å². The van der Waals surface area contributed by atoms with Gasteiger partial charge in [-0.2, -0.15) is 0 Å². The molecular formula is C20H25NO5. The van der Waals surface area contributed by atoms with E-state index in [0.29, 0.717) is 12.0 Å². The Morgan fingerprint density at radius 2 is 1.77 bits per heavy atom. The Balaban J connectivity index is 1.72. The van der Waals surface area contributed by atoms with Gasteiger partial charge in [-0.05, 0) is 29.5 Å². The minimum Gasteiger partial charge on any atom is -0.445 e. The van der Waals surface area contributed by atoms with E-state index in [4.69, 9.17) is 9.84 Å². The molecule has 0 saturated carbocycles. The number of nitrogens with one attached hydrogen (secondary N) is 1. The summed E-state index contributed by atoms with van der Waals surface area (Å²) in [5.74, 6) is 0. The normalized spacial score (nSPS) is 13.0. The lowest BCUT2D eigenvalue weighted by Crippen LogP contribution is -2.29. The van der Waals surface area contributed by atoms with E-state index in [9.17, 15) is 15.0 Å². The first-order chi connectivity index (χ1) is 12.6. The number of amides is 1. The van der Waals surface area contributed by atoms with Gasteiger partial charge in [0.25, 0.3) is 0 Å². The molecule has 4 N–H and O–H groups in total. The second-order valence-corrected chi connectivity index (χ2v) is 6.01. The number of ether oxygens (including phenoxy) is 1. The number of alkyl carbamates (subject to hydrolysis) is 1. The summed E-state index contributed by atoms with van der Waals surface area (Å²) in [4.78, 5) is 11.7. The van der Waals surface area contributed by atoms with Crippen molar-refractivity contribution in [3.05, 3.63) is 71.3 Å². The highest BCUT2D eigenvalue weighted by Gasteiger charge is 2.18. The zero-order valence-corrected chi connectivity index (χ0v) is 14.5. The van der Waals surface area contributed by atoms with Crippen molar-refractivity contribution in [2.24, 2.45) is 0 Å². The third-order valence-electron chi connectivity index (χ3n) is 3.98. The molecule has 2 unspecified atom stereocenters. The minimum atomic E-state index is -1.06. The average Bonchev–Trinajstić information content (AvgIpc) is 2.67. The minimum absolute atomic E-state index is 0.0249. The second kappa shape index (κ2) is 10.6. The van der Waals surface area contributed by atoms with E-state index in [1.54, 1.807) is 18.2 Å². The molecule has 0 aliphatic carbocycles. The zero-order chi connectivity index (χ0) is 18.8. The number of aliphatic hydroxyl groups is 3. The molecule has 2 aromatic rings. The molecule has 1 amide bonds. The standard InChI is InChI=1S/C20H25NO5/c22-12-10-15-7-4-8-17(13-15)19(24)18(23)9-11-21-20(25)26-14-16-5-2-1-3-6-16/h1-8,13,18-19,22-24H,9-12,14H2,(H,21,25). The van der Waals surface area contributed by atoms with Gasteiger partial charge >= 0.3 is 6.09 Å². The molecule has 0 radical (unpaired) electrons. The number of rotatable bonds is 9. The number of aliphatic hydroxyl groups excluding tert-OH is 3. The van der Waals surface area contributed by atoms with E-state index in [1.165, 1.54) is 0 Å². The summed E-state index contributed by atoms with van der Waals surface area (Å²) in [6, 6.07) is 16.4. The Bertz CT molecular complexity index is 677. The smallest absolute Gasteiger partial charge is 0.407 e. The van der Waals surface area contributed by atoms with Gasteiger partial charge in [-0.15, -0.1) is 0 Å². The molecule has 2 rings (SSSR count). The van der Waals surface area contributed by atoms with Crippen LogP contribution in [0, 0.1) is 0 Å². The van der Waals surface area contributed by atoms with Crippen molar-refractivity contribution < 1.29 is 24.9 Å². The van der Waals surface area contributed by atoms with E-state index in [0.717, 1.165) is 11.1 Å². The highest BCUT2D eigenvalue weighted by molar-refractivity contribution is 5.67. The Kier molecular flexibility index (Phi) is 8.08. The average molecular weight is 359 g/mol. The maximum atomic E-state index is 11.7. The van der Waals surface area contributed by atoms with Gasteiger partial charge in [0.1, 0.15) is 12.7 Å². The second-order valence-electron chi connectivity index (χ2n) is 6.01. The molecule has 0 aliphatic heterocycles. The lowest BCUT2D eigenvalue weighted by molar-refractivity contribution is 0.0136. The molecule has 0 saturated heterocycles. The van der Waals surface area contributed by atoms with Crippen molar-refractivity contribution in [3.63, 3.8) is 0 Å². The van der Waals surface area contributed by atoms with Gasteiger partial charge in [-0.3, -0.25) is 0 Å². The van der Waals surface area contributed by atoms with Gasteiger partial charge in [0.05, 0.1) is 6.10 Å². The maximum Gasteiger partial charge on any atom is 0.407 e. The number of carbonyl (C=O) groups excluding carboxylic acids is 1. The monoisotopic (exact) mass is 359 g/mol. The third-order valence-corrected chi connectivity index (χ3v) is 3.98. The lowest BCUT2D eigenvalue weighted by atomic mass is 9.99. The largest absolute Gasteiger partial charge is 0.445 e. The highest BCUT2D eigenvalue weighted by Crippen LogP contribution is 2.20. The molecule has 2 atom stereocenters. The first kappa shape index (κ1) is 19.9. The van der Waals surface area contributed by atoms with Crippen molar-refractivity contribution >= 4 is 6.09 Å². The topological polar surface area (TPSA) is 99.0 Å².